The first kappa shape index (κ1) is 19.5. The van der Waals surface area contributed by atoms with Gasteiger partial charge in [-0.05, 0) is 25.8 Å². The van der Waals surface area contributed by atoms with Gasteiger partial charge in [-0.25, -0.2) is 0 Å². The third kappa shape index (κ3) is 5.27. The molecule has 0 N–H and O–H groups in total. The Morgan fingerprint density at radius 2 is 1.67 bits per heavy atom. The van der Waals surface area contributed by atoms with Gasteiger partial charge in [-0.2, -0.15) is 0 Å². The number of benzene rings is 1. The van der Waals surface area contributed by atoms with E-state index in [1.54, 1.807) is 13.8 Å². The van der Waals surface area contributed by atoms with Gasteiger partial charge < -0.3 is 9.47 Å². The zero-order valence-electron chi connectivity index (χ0n) is 14.3. The summed E-state index contributed by atoms with van der Waals surface area (Å²) >= 11 is 0. The highest BCUT2D eigenvalue weighted by Gasteiger charge is 2.47. The van der Waals surface area contributed by atoms with Crippen LogP contribution in [-0.2, 0) is 25.5 Å². The van der Waals surface area contributed by atoms with E-state index < -0.39 is 17.4 Å². The summed E-state index contributed by atoms with van der Waals surface area (Å²) < 4.78 is 10.2. The molecule has 4 heteroatoms. The molecule has 0 aliphatic carbocycles. The average Bonchev–Trinajstić information content (AvgIpc) is 2.59. The van der Waals surface area contributed by atoms with Crippen LogP contribution >= 0.6 is 0 Å². The normalized spacial score (nSPS) is 10.2. The molecule has 0 aliphatic heterocycles. The fraction of sp³-hybridized carbons (Fsp3) is 0.400. The van der Waals surface area contributed by atoms with Crippen LogP contribution in [0.5, 0.6) is 0 Å². The molecule has 1 rings (SSSR count). The SMILES string of the molecule is C=CCC(CC#CCc1ccccc1)(C(=O)OCC)C(=O)OCC. The van der Waals surface area contributed by atoms with Crippen molar-refractivity contribution in [2.45, 2.75) is 33.1 Å². The highest BCUT2D eigenvalue weighted by atomic mass is 16.6. The van der Waals surface area contributed by atoms with Crippen molar-refractivity contribution in [3.63, 3.8) is 0 Å². The van der Waals surface area contributed by atoms with Crippen molar-refractivity contribution in [2.24, 2.45) is 5.41 Å². The lowest BCUT2D eigenvalue weighted by Crippen LogP contribution is -2.41. The molecule has 0 saturated carbocycles. The Kier molecular flexibility index (Phi) is 8.35. The third-order valence-corrected chi connectivity index (χ3v) is 3.48. The summed E-state index contributed by atoms with van der Waals surface area (Å²) in [4.78, 5) is 24.8. The lowest BCUT2D eigenvalue weighted by atomic mass is 9.81. The van der Waals surface area contributed by atoms with Gasteiger partial charge in [0.1, 0.15) is 0 Å². The minimum atomic E-state index is -1.45. The molecule has 1 aromatic carbocycles. The first-order valence-electron chi connectivity index (χ1n) is 8.05. The van der Waals surface area contributed by atoms with Crippen LogP contribution < -0.4 is 0 Å². The van der Waals surface area contributed by atoms with Crippen molar-refractivity contribution in [1.82, 2.24) is 0 Å². The highest BCUT2D eigenvalue weighted by Crippen LogP contribution is 2.31. The Morgan fingerprint density at radius 1 is 1.08 bits per heavy atom. The molecule has 0 aromatic heterocycles. The van der Waals surface area contributed by atoms with Crippen LogP contribution in [0, 0.1) is 17.3 Å². The molecule has 0 bridgehead atoms. The zero-order chi connectivity index (χ0) is 17.8. The van der Waals surface area contributed by atoms with Crippen molar-refractivity contribution in [3.05, 3.63) is 48.6 Å². The Balaban J connectivity index is 2.97. The second-order valence-electron chi connectivity index (χ2n) is 5.21. The Bertz CT molecular complexity index is 590. The smallest absolute Gasteiger partial charge is 0.324 e. The summed E-state index contributed by atoms with van der Waals surface area (Å²) in [5, 5.41) is 0. The number of carbonyl (C=O) groups is 2. The molecule has 0 saturated heterocycles. The van der Waals surface area contributed by atoms with E-state index in [-0.39, 0.29) is 26.1 Å². The van der Waals surface area contributed by atoms with E-state index in [0.717, 1.165) is 5.56 Å². The number of carbonyl (C=O) groups excluding carboxylic acids is 2. The third-order valence-electron chi connectivity index (χ3n) is 3.48. The van der Waals surface area contributed by atoms with Gasteiger partial charge in [-0.1, -0.05) is 42.3 Å². The largest absolute Gasteiger partial charge is 0.465 e. The lowest BCUT2D eigenvalue weighted by Gasteiger charge is -2.26. The minimum Gasteiger partial charge on any atom is -0.465 e. The molecular weight excluding hydrogens is 304 g/mol. The Hall–Kier alpha value is -2.54. The molecule has 0 unspecified atom stereocenters. The summed E-state index contributed by atoms with van der Waals surface area (Å²) in [6, 6.07) is 9.77. The maximum absolute atomic E-state index is 12.4. The van der Waals surface area contributed by atoms with E-state index >= 15 is 0 Å². The maximum atomic E-state index is 12.4. The zero-order valence-corrected chi connectivity index (χ0v) is 14.3. The summed E-state index contributed by atoms with van der Waals surface area (Å²) in [6.45, 7) is 7.42. The van der Waals surface area contributed by atoms with Gasteiger partial charge in [0.2, 0.25) is 0 Å². The van der Waals surface area contributed by atoms with E-state index in [2.05, 4.69) is 18.4 Å². The molecule has 24 heavy (non-hydrogen) atoms. The van der Waals surface area contributed by atoms with Gasteiger partial charge in [-0.3, -0.25) is 9.59 Å². The summed E-state index contributed by atoms with van der Waals surface area (Å²) in [7, 11) is 0. The number of hydrogen-bond donors (Lipinski definition) is 0. The van der Waals surface area contributed by atoms with Crippen LogP contribution in [0.25, 0.3) is 0 Å². The van der Waals surface area contributed by atoms with Crippen LogP contribution in [0.15, 0.2) is 43.0 Å². The second-order valence-corrected chi connectivity index (χ2v) is 5.21. The molecule has 0 aliphatic rings. The second kappa shape index (κ2) is 10.3. The van der Waals surface area contributed by atoms with Crippen LogP contribution in [0.1, 0.15) is 32.3 Å². The summed E-state index contributed by atoms with van der Waals surface area (Å²) in [5.41, 5.74) is -0.371. The fourth-order valence-electron chi connectivity index (χ4n) is 2.23. The van der Waals surface area contributed by atoms with E-state index in [1.807, 2.05) is 30.3 Å². The Labute approximate surface area is 143 Å². The van der Waals surface area contributed by atoms with Crippen LogP contribution in [0.4, 0.5) is 0 Å². The fourth-order valence-corrected chi connectivity index (χ4v) is 2.23. The molecule has 0 amide bonds. The van der Waals surface area contributed by atoms with Crippen molar-refractivity contribution in [2.75, 3.05) is 13.2 Å². The average molecular weight is 328 g/mol. The molecule has 1 aromatic rings. The summed E-state index contributed by atoms with van der Waals surface area (Å²) in [6.07, 6.45) is 2.25. The molecule has 0 spiro atoms. The van der Waals surface area contributed by atoms with Crippen LogP contribution in [-0.4, -0.2) is 25.2 Å². The molecule has 0 atom stereocenters. The molecular formula is C20H24O4. The van der Waals surface area contributed by atoms with E-state index in [1.165, 1.54) is 6.08 Å². The monoisotopic (exact) mass is 328 g/mol. The van der Waals surface area contributed by atoms with Gasteiger partial charge >= 0.3 is 11.9 Å². The van der Waals surface area contributed by atoms with E-state index in [0.29, 0.717) is 6.42 Å². The number of esters is 2. The minimum absolute atomic E-state index is 0.0452. The van der Waals surface area contributed by atoms with Crippen LogP contribution in [0.3, 0.4) is 0 Å². The van der Waals surface area contributed by atoms with Gasteiger partial charge in [-0.15, -0.1) is 12.5 Å². The quantitative estimate of drug-likeness (QED) is 0.318. The first-order chi connectivity index (χ1) is 11.6. The van der Waals surface area contributed by atoms with Crippen LogP contribution in [0.2, 0.25) is 0 Å². The first-order valence-corrected chi connectivity index (χ1v) is 8.05. The number of rotatable bonds is 8. The van der Waals surface area contributed by atoms with Gasteiger partial charge in [0.15, 0.2) is 5.41 Å². The van der Waals surface area contributed by atoms with Crippen molar-refractivity contribution in [3.8, 4) is 11.8 Å². The topological polar surface area (TPSA) is 52.6 Å². The van der Waals surface area contributed by atoms with E-state index in [4.69, 9.17) is 9.47 Å². The van der Waals surface area contributed by atoms with Crippen molar-refractivity contribution in [1.29, 1.82) is 0 Å². The molecule has 0 radical (unpaired) electrons. The van der Waals surface area contributed by atoms with Gasteiger partial charge in [0.05, 0.1) is 13.2 Å². The van der Waals surface area contributed by atoms with E-state index in [9.17, 15) is 9.59 Å². The predicted molar refractivity (Wildman–Crippen MR) is 93.1 cm³/mol. The van der Waals surface area contributed by atoms with Crippen molar-refractivity contribution < 1.29 is 19.1 Å². The number of hydrogen-bond acceptors (Lipinski definition) is 4. The summed E-state index contributed by atoms with van der Waals surface area (Å²) in [5.74, 6) is 4.72. The number of allylic oxidation sites excluding steroid dienone is 1. The molecule has 0 heterocycles. The highest BCUT2D eigenvalue weighted by molar-refractivity contribution is 6.00. The van der Waals surface area contributed by atoms with Crippen molar-refractivity contribution >= 4 is 11.9 Å². The lowest BCUT2D eigenvalue weighted by molar-refractivity contribution is -0.171. The Morgan fingerprint density at radius 3 is 2.17 bits per heavy atom. The van der Waals surface area contributed by atoms with Gasteiger partial charge in [0.25, 0.3) is 0 Å². The molecule has 128 valence electrons. The van der Waals surface area contributed by atoms with Gasteiger partial charge in [0, 0.05) is 12.8 Å². The maximum Gasteiger partial charge on any atom is 0.324 e. The predicted octanol–water partition coefficient (Wildman–Crippen LogP) is 3.31. The molecule has 0 fully saturated rings. The standard InChI is InChI=1S/C20H24O4/c1-4-15-20(18(21)23-5-2,19(22)24-6-3)16-11-10-14-17-12-8-7-9-13-17/h4,7-9,12-13H,1,5-6,14-16H2,2-3H3. The number of ether oxygens (including phenoxy) is 2. The molecule has 4 nitrogen and oxygen atoms in total.